The summed E-state index contributed by atoms with van der Waals surface area (Å²) in [6, 6.07) is 2.66. The maximum absolute atomic E-state index is 11.7. The lowest BCUT2D eigenvalue weighted by Gasteiger charge is -2.14. The Labute approximate surface area is 126 Å². The SMILES string of the molecule is O=C(CCNC(=O)c1cccs1)NC(CC1CC1)C(=O)O. The molecule has 1 aromatic heterocycles. The topological polar surface area (TPSA) is 95.5 Å². The van der Waals surface area contributed by atoms with Gasteiger partial charge in [0.2, 0.25) is 5.91 Å². The van der Waals surface area contributed by atoms with Crippen LogP contribution in [0, 0.1) is 5.92 Å². The molecule has 1 aliphatic carbocycles. The maximum Gasteiger partial charge on any atom is 0.326 e. The monoisotopic (exact) mass is 310 g/mol. The molecule has 21 heavy (non-hydrogen) atoms. The molecule has 0 aliphatic heterocycles. The first-order valence-electron chi connectivity index (χ1n) is 6.90. The van der Waals surface area contributed by atoms with Gasteiger partial charge in [0.15, 0.2) is 0 Å². The Morgan fingerprint density at radius 1 is 1.38 bits per heavy atom. The number of hydrogen-bond donors (Lipinski definition) is 3. The fraction of sp³-hybridized carbons (Fsp3) is 0.500. The molecule has 6 nitrogen and oxygen atoms in total. The number of thiophene rings is 1. The second-order valence-electron chi connectivity index (χ2n) is 5.12. The van der Waals surface area contributed by atoms with E-state index in [4.69, 9.17) is 5.11 Å². The van der Waals surface area contributed by atoms with Crippen LogP contribution in [0.2, 0.25) is 0 Å². The molecule has 0 radical (unpaired) electrons. The summed E-state index contributed by atoms with van der Waals surface area (Å²) >= 11 is 1.33. The normalized spacial score (nSPS) is 15.2. The number of hydrogen-bond acceptors (Lipinski definition) is 4. The van der Waals surface area contributed by atoms with Crippen molar-refractivity contribution in [2.75, 3.05) is 6.54 Å². The van der Waals surface area contributed by atoms with Gasteiger partial charge in [-0.25, -0.2) is 4.79 Å². The Balaban J connectivity index is 1.68. The van der Waals surface area contributed by atoms with Crippen LogP contribution in [0.15, 0.2) is 17.5 Å². The summed E-state index contributed by atoms with van der Waals surface area (Å²) in [7, 11) is 0. The first kappa shape index (κ1) is 15.5. The van der Waals surface area contributed by atoms with Crippen LogP contribution >= 0.6 is 11.3 Å². The summed E-state index contributed by atoms with van der Waals surface area (Å²) in [5.41, 5.74) is 0. The highest BCUT2D eigenvalue weighted by molar-refractivity contribution is 7.12. The zero-order valence-corrected chi connectivity index (χ0v) is 12.3. The zero-order valence-electron chi connectivity index (χ0n) is 11.5. The van der Waals surface area contributed by atoms with Gasteiger partial charge in [-0.15, -0.1) is 11.3 Å². The summed E-state index contributed by atoms with van der Waals surface area (Å²) in [6.07, 6.45) is 2.64. The molecule has 114 valence electrons. The Morgan fingerprint density at radius 3 is 2.71 bits per heavy atom. The first-order chi connectivity index (χ1) is 10.1. The van der Waals surface area contributed by atoms with Crippen LogP contribution < -0.4 is 10.6 Å². The van der Waals surface area contributed by atoms with Crippen molar-refractivity contribution >= 4 is 29.1 Å². The van der Waals surface area contributed by atoms with E-state index in [0.29, 0.717) is 17.2 Å². The molecule has 1 atom stereocenters. The van der Waals surface area contributed by atoms with Gasteiger partial charge < -0.3 is 15.7 Å². The van der Waals surface area contributed by atoms with Crippen LogP contribution in [-0.4, -0.2) is 35.5 Å². The lowest BCUT2D eigenvalue weighted by Crippen LogP contribution is -2.42. The Kier molecular flexibility index (Phi) is 5.32. The molecule has 0 saturated heterocycles. The van der Waals surface area contributed by atoms with Gasteiger partial charge in [-0.2, -0.15) is 0 Å². The lowest BCUT2D eigenvalue weighted by molar-refractivity contribution is -0.142. The van der Waals surface area contributed by atoms with E-state index in [9.17, 15) is 14.4 Å². The molecule has 1 saturated carbocycles. The minimum absolute atomic E-state index is 0.0750. The van der Waals surface area contributed by atoms with Gasteiger partial charge in [0.1, 0.15) is 6.04 Å². The van der Waals surface area contributed by atoms with Crippen molar-refractivity contribution in [3.8, 4) is 0 Å². The summed E-state index contributed by atoms with van der Waals surface area (Å²) in [5.74, 6) is -1.15. The number of carbonyl (C=O) groups is 3. The summed E-state index contributed by atoms with van der Waals surface area (Å²) < 4.78 is 0. The van der Waals surface area contributed by atoms with Gasteiger partial charge >= 0.3 is 5.97 Å². The highest BCUT2D eigenvalue weighted by Crippen LogP contribution is 2.33. The van der Waals surface area contributed by atoms with E-state index in [1.165, 1.54) is 11.3 Å². The van der Waals surface area contributed by atoms with Crippen molar-refractivity contribution in [1.82, 2.24) is 10.6 Å². The van der Waals surface area contributed by atoms with E-state index in [0.717, 1.165) is 12.8 Å². The van der Waals surface area contributed by atoms with Crippen LogP contribution in [0.3, 0.4) is 0 Å². The smallest absolute Gasteiger partial charge is 0.326 e. The molecule has 0 aromatic carbocycles. The summed E-state index contributed by atoms with van der Waals surface area (Å²) in [6.45, 7) is 0.193. The molecule has 0 bridgehead atoms. The van der Waals surface area contributed by atoms with Gasteiger partial charge in [-0.1, -0.05) is 18.9 Å². The fourth-order valence-corrected chi connectivity index (χ4v) is 2.60. The number of carboxylic acid groups (broad SMARTS) is 1. The second kappa shape index (κ2) is 7.21. The van der Waals surface area contributed by atoms with Crippen molar-refractivity contribution in [1.29, 1.82) is 0 Å². The van der Waals surface area contributed by atoms with Crippen LogP contribution in [0.1, 0.15) is 35.4 Å². The number of amides is 2. The first-order valence-corrected chi connectivity index (χ1v) is 7.78. The molecule has 1 aromatic rings. The largest absolute Gasteiger partial charge is 0.480 e. The number of rotatable bonds is 8. The minimum atomic E-state index is -1.00. The second-order valence-corrected chi connectivity index (χ2v) is 6.07. The molecule has 3 N–H and O–H groups in total. The molecule has 2 rings (SSSR count). The van der Waals surface area contributed by atoms with Crippen LogP contribution in [0.5, 0.6) is 0 Å². The van der Waals surface area contributed by atoms with Crippen molar-refractivity contribution in [3.05, 3.63) is 22.4 Å². The van der Waals surface area contributed by atoms with Crippen molar-refractivity contribution in [2.45, 2.75) is 31.7 Å². The van der Waals surface area contributed by atoms with Gasteiger partial charge in [-0.3, -0.25) is 9.59 Å². The van der Waals surface area contributed by atoms with E-state index in [-0.39, 0.29) is 24.8 Å². The molecule has 0 spiro atoms. The Bertz CT molecular complexity index is 511. The fourth-order valence-electron chi connectivity index (χ4n) is 1.96. The van der Waals surface area contributed by atoms with Crippen molar-refractivity contribution < 1.29 is 19.5 Å². The lowest BCUT2D eigenvalue weighted by atomic mass is 10.1. The van der Waals surface area contributed by atoms with Crippen LogP contribution in [-0.2, 0) is 9.59 Å². The zero-order chi connectivity index (χ0) is 15.2. The predicted molar refractivity (Wildman–Crippen MR) is 78.2 cm³/mol. The molecular weight excluding hydrogens is 292 g/mol. The van der Waals surface area contributed by atoms with E-state index in [2.05, 4.69) is 10.6 Å². The molecule has 1 heterocycles. The van der Waals surface area contributed by atoms with E-state index in [1.807, 2.05) is 0 Å². The number of carbonyl (C=O) groups excluding carboxylic acids is 2. The number of nitrogens with one attached hydrogen (secondary N) is 2. The van der Waals surface area contributed by atoms with Gasteiger partial charge in [-0.05, 0) is 23.8 Å². The van der Waals surface area contributed by atoms with Gasteiger partial charge in [0, 0.05) is 13.0 Å². The summed E-state index contributed by atoms with van der Waals surface area (Å²) in [4.78, 5) is 35.0. The summed E-state index contributed by atoms with van der Waals surface area (Å²) in [5, 5.41) is 16.0. The third kappa shape index (κ3) is 5.18. The third-order valence-electron chi connectivity index (χ3n) is 3.28. The highest BCUT2D eigenvalue weighted by Gasteiger charge is 2.30. The molecule has 1 fully saturated rings. The molecule has 7 heteroatoms. The van der Waals surface area contributed by atoms with E-state index in [1.54, 1.807) is 17.5 Å². The standard InChI is InChI=1S/C14H18N2O4S/c17-12(16-10(14(19)20)8-9-3-4-9)5-6-15-13(18)11-2-1-7-21-11/h1-2,7,9-10H,3-6,8H2,(H,15,18)(H,16,17)(H,19,20). The van der Waals surface area contributed by atoms with E-state index >= 15 is 0 Å². The van der Waals surface area contributed by atoms with Gasteiger partial charge in [0.05, 0.1) is 4.88 Å². The van der Waals surface area contributed by atoms with Crippen LogP contribution in [0.4, 0.5) is 0 Å². The van der Waals surface area contributed by atoms with E-state index < -0.39 is 12.0 Å². The van der Waals surface area contributed by atoms with Crippen molar-refractivity contribution in [3.63, 3.8) is 0 Å². The van der Waals surface area contributed by atoms with Crippen LogP contribution in [0.25, 0.3) is 0 Å². The average molecular weight is 310 g/mol. The molecule has 1 unspecified atom stereocenters. The molecular formula is C14H18N2O4S. The minimum Gasteiger partial charge on any atom is -0.480 e. The third-order valence-corrected chi connectivity index (χ3v) is 4.15. The molecule has 1 aliphatic rings. The quantitative estimate of drug-likeness (QED) is 0.673. The maximum atomic E-state index is 11.7. The molecule has 2 amide bonds. The Hall–Kier alpha value is -1.89. The average Bonchev–Trinajstić information content (AvgIpc) is 3.07. The predicted octanol–water partition coefficient (Wildman–Crippen LogP) is 1.24. The van der Waals surface area contributed by atoms with Gasteiger partial charge in [0.25, 0.3) is 5.91 Å². The highest BCUT2D eigenvalue weighted by atomic mass is 32.1. The Morgan fingerprint density at radius 2 is 2.14 bits per heavy atom. The van der Waals surface area contributed by atoms with Crippen molar-refractivity contribution in [2.24, 2.45) is 5.92 Å². The number of carboxylic acids is 1. The number of aliphatic carboxylic acids is 1.